The second-order valence-electron chi connectivity index (χ2n) is 5.46. The van der Waals surface area contributed by atoms with Crippen LogP contribution in [0.2, 0.25) is 18.1 Å². The first-order valence-electron chi connectivity index (χ1n) is 5.31. The van der Waals surface area contributed by atoms with Crippen molar-refractivity contribution in [2.24, 2.45) is 0 Å². The Morgan fingerprint density at radius 3 is 1.93 bits per heavy atom. The Bertz CT molecular complexity index is 316. The van der Waals surface area contributed by atoms with Crippen LogP contribution in [0, 0.1) is 0 Å². The number of nitrogens with zero attached hydrogens (tertiary/aromatic N) is 1. The molecule has 1 aromatic rings. The van der Waals surface area contributed by atoms with E-state index in [0.29, 0.717) is 0 Å². The summed E-state index contributed by atoms with van der Waals surface area (Å²) < 4.78 is 1.49. The molecule has 1 N–H and O–H groups in total. The average Bonchev–Trinajstić information content (AvgIpc) is 2.16. The molecule has 0 atom stereocenters. The SMILES string of the molecule is CC(C)(C)[Si](C)(C)N(O)c1ccccc1. The van der Waals surface area contributed by atoms with Gasteiger partial charge >= 0.3 is 0 Å². The fourth-order valence-electron chi connectivity index (χ4n) is 1.21. The minimum absolute atomic E-state index is 0.136. The highest BCUT2D eigenvalue weighted by molar-refractivity contribution is 6.82. The molecule has 0 unspecified atom stereocenters. The van der Waals surface area contributed by atoms with E-state index in [2.05, 4.69) is 33.9 Å². The molecule has 0 heterocycles. The second-order valence-corrected chi connectivity index (χ2v) is 10.5. The Morgan fingerprint density at radius 1 is 1.07 bits per heavy atom. The molecule has 0 radical (unpaired) electrons. The first-order chi connectivity index (χ1) is 6.77. The van der Waals surface area contributed by atoms with Crippen molar-refractivity contribution >= 4 is 13.9 Å². The fraction of sp³-hybridized carbons (Fsp3) is 0.500. The van der Waals surface area contributed by atoms with Gasteiger partial charge in [-0.3, -0.25) is 9.94 Å². The van der Waals surface area contributed by atoms with Crippen LogP contribution in [0.4, 0.5) is 5.69 Å². The van der Waals surface area contributed by atoms with Crippen LogP contribution in [0.1, 0.15) is 20.8 Å². The largest absolute Gasteiger partial charge is 0.297 e. The zero-order valence-electron chi connectivity index (χ0n) is 10.3. The van der Waals surface area contributed by atoms with E-state index in [1.807, 2.05) is 30.3 Å². The van der Waals surface area contributed by atoms with Gasteiger partial charge in [-0.05, 0) is 30.3 Å². The Balaban J connectivity index is 3.00. The summed E-state index contributed by atoms with van der Waals surface area (Å²) in [5.74, 6) is 0. The number of anilines is 1. The van der Waals surface area contributed by atoms with E-state index in [1.165, 1.54) is 4.73 Å². The molecular weight excluding hydrogens is 202 g/mol. The molecule has 0 bridgehead atoms. The van der Waals surface area contributed by atoms with Crippen LogP contribution in [0.15, 0.2) is 30.3 Å². The Kier molecular flexibility index (Phi) is 3.26. The molecule has 0 aliphatic heterocycles. The fourth-order valence-corrected chi connectivity index (χ4v) is 2.64. The molecule has 0 spiro atoms. The van der Waals surface area contributed by atoms with Crippen LogP contribution < -0.4 is 4.73 Å². The van der Waals surface area contributed by atoms with E-state index in [1.54, 1.807) is 0 Å². The lowest BCUT2D eigenvalue weighted by molar-refractivity contribution is 0.307. The third-order valence-corrected chi connectivity index (χ3v) is 8.35. The predicted molar refractivity (Wildman–Crippen MR) is 67.9 cm³/mol. The van der Waals surface area contributed by atoms with Gasteiger partial charge in [0, 0.05) is 0 Å². The summed E-state index contributed by atoms with van der Waals surface area (Å²) in [6.45, 7) is 10.9. The standard InChI is InChI=1S/C12H21NOSi/c1-12(2,3)15(4,5)13(14)11-9-7-6-8-10-11/h6-10,14H,1-5H3. The zero-order valence-corrected chi connectivity index (χ0v) is 11.3. The average molecular weight is 223 g/mol. The van der Waals surface area contributed by atoms with Crippen molar-refractivity contribution in [1.82, 2.24) is 0 Å². The van der Waals surface area contributed by atoms with Crippen molar-refractivity contribution < 1.29 is 5.21 Å². The maximum Gasteiger partial charge on any atom is 0.190 e. The van der Waals surface area contributed by atoms with Gasteiger partial charge in [0.15, 0.2) is 8.24 Å². The summed E-state index contributed by atoms with van der Waals surface area (Å²) in [7, 11) is -1.86. The van der Waals surface area contributed by atoms with Crippen molar-refractivity contribution in [1.29, 1.82) is 0 Å². The van der Waals surface area contributed by atoms with Gasteiger partial charge in [0.2, 0.25) is 0 Å². The van der Waals surface area contributed by atoms with Crippen molar-refractivity contribution in [2.75, 3.05) is 4.73 Å². The van der Waals surface area contributed by atoms with Gasteiger partial charge in [-0.25, -0.2) is 0 Å². The minimum Gasteiger partial charge on any atom is -0.297 e. The van der Waals surface area contributed by atoms with Crippen molar-refractivity contribution in [3.63, 3.8) is 0 Å². The highest BCUT2D eigenvalue weighted by Crippen LogP contribution is 2.39. The molecule has 0 fully saturated rings. The van der Waals surface area contributed by atoms with E-state index >= 15 is 0 Å². The summed E-state index contributed by atoms with van der Waals surface area (Å²) in [5.41, 5.74) is 0.893. The first kappa shape index (κ1) is 12.3. The predicted octanol–water partition coefficient (Wildman–Crippen LogP) is 3.89. The molecule has 0 aliphatic carbocycles. The maximum absolute atomic E-state index is 10.3. The number of para-hydroxylation sites is 1. The van der Waals surface area contributed by atoms with Gasteiger partial charge in [0.25, 0.3) is 0 Å². The molecule has 2 nitrogen and oxygen atoms in total. The number of benzene rings is 1. The molecule has 0 aromatic heterocycles. The summed E-state index contributed by atoms with van der Waals surface area (Å²) in [4.78, 5) is 0. The van der Waals surface area contributed by atoms with Gasteiger partial charge in [-0.2, -0.15) is 0 Å². The van der Waals surface area contributed by atoms with E-state index in [9.17, 15) is 5.21 Å². The molecule has 84 valence electrons. The highest BCUT2D eigenvalue weighted by atomic mass is 28.3. The molecule has 0 amide bonds. The topological polar surface area (TPSA) is 23.5 Å². The Labute approximate surface area is 93.6 Å². The molecule has 1 rings (SSSR count). The third-order valence-electron chi connectivity index (χ3n) is 3.37. The Morgan fingerprint density at radius 2 is 1.53 bits per heavy atom. The van der Waals surface area contributed by atoms with E-state index < -0.39 is 8.24 Å². The molecule has 0 saturated carbocycles. The summed E-state index contributed by atoms with van der Waals surface area (Å²) >= 11 is 0. The van der Waals surface area contributed by atoms with E-state index in [-0.39, 0.29) is 5.04 Å². The number of hydrogen-bond acceptors (Lipinski definition) is 2. The number of rotatable bonds is 2. The van der Waals surface area contributed by atoms with Gasteiger partial charge < -0.3 is 0 Å². The Hall–Kier alpha value is -0.803. The van der Waals surface area contributed by atoms with Crippen LogP contribution in [0.5, 0.6) is 0 Å². The minimum atomic E-state index is -1.86. The van der Waals surface area contributed by atoms with Gasteiger partial charge in [-0.15, -0.1) is 0 Å². The summed E-state index contributed by atoms with van der Waals surface area (Å²) in [6, 6.07) is 9.75. The molecule has 0 saturated heterocycles. The van der Waals surface area contributed by atoms with Gasteiger partial charge in [0.1, 0.15) is 0 Å². The lowest BCUT2D eigenvalue weighted by Gasteiger charge is -2.42. The second kappa shape index (κ2) is 3.98. The van der Waals surface area contributed by atoms with Crippen molar-refractivity contribution in [3.05, 3.63) is 30.3 Å². The smallest absolute Gasteiger partial charge is 0.190 e. The van der Waals surface area contributed by atoms with Crippen molar-refractivity contribution in [2.45, 2.75) is 38.9 Å². The summed E-state index contributed by atoms with van der Waals surface area (Å²) in [6.07, 6.45) is 0. The molecule has 3 heteroatoms. The quantitative estimate of drug-likeness (QED) is 0.607. The van der Waals surface area contributed by atoms with Gasteiger partial charge in [0.05, 0.1) is 5.69 Å². The first-order valence-corrected chi connectivity index (χ1v) is 8.26. The lowest BCUT2D eigenvalue weighted by Crippen LogP contribution is -2.53. The molecule has 15 heavy (non-hydrogen) atoms. The molecule has 1 aromatic carbocycles. The summed E-state index contributed by atoms with van der Waals surface area (Å²) in [5, 5.41) is 10.4. The van der Waals surface area contributed by atoms with Crippen LogP contribution in [0.25, 0.3) is 0 Å². The maximum atomic E-state index is 10.3. The lowest BCUT2D eigenvalue weighted by atomic mass is 10.2. The van der Waals surface area contributed by atoms with E-state index in [0.717, 1.165) is 5.69 Å². The number of hydrogen-bond donors (Lipinski definition) is 1. The normalized spacial score (nSPS) is 12.7. The van der Waals surface area contributed by atoms with Crippen LogP contribution >= 0.6 is 0 Å². The van der Waals surface area contributed by atoms with Crippen molar-refractivity contribution in [3.8, 4) is 0 Å². The highest BCUT2D eigenvalue weighted by Gasteiger charge is 2.41. The van der Waals surface area contributed by atoms with Gasteiger partial charge in [-0.1, -0.05) is 39.0 Å². The van der Waals surface area contributed by atoms with Crippen LogP contribution in [0.3, 0.4) is 0 Å². The third kappa shape index (κ3) is 2.41. The molecular formula is C12H21NOSi. The zero-order chi connectivity index (χ0) is 11.7. The van der Waals surface area contributed by atoms with Crippen LogP contribution in [-0.2, 0) is 0 Å². The monoisotopic (exact) mass is 223 g/mol. The molecule has 0 aliphatic rings. The van der Waals surface area contributed by atoms with E-state index in [4.69, 9.17) is 0 Å². The van der Waals surface area contributed by atoms with Crippen LogP contribution in [-0.4, -0.2) is 13.4 Å².